The molecule has 1 atom stereocenters. The van der Waals surface area contributed by atoms with E-state index in [0.717, 1.165) is 30.2 Å². The molecule has 0 aliphatic rings. The van der Waals surface area contributed by atoms with Crippen LogP contribution in [0.5, 0.6) is 0 Å². The van der Waals surface area contributed by atoms with Crippen LogP contribution in [-0.4, -0.2) is 31.4 Å². The van der Waals surface area contributed by atoms with E-state index in [0.29, 0.717) is 12.5 Å². The van der Waals surface area contributed by atoms with Crippen molar-refractivity contribution in [2.75, 3.05) is 20.3 Å². The second-order valence-corrected chi connectivity index (χ2v) is 4.82. The van der Waals surface area contributed by atoms with Gasteiger partial charge in [-0.15, -0.1) is 22.9 Å². The van der Waals surface area contributed by atoms with Crippen LogP contribution < -0.4 is 0 Å². The highest BCUT2D eigenvalue weighted by atomic mass is 35.5. The first-order valence-corrected chi connectivity index (χ1v) is 6.77. The molecule has 0 fully saturated rings. The molecule has 0 aliphatic carbocycles. The Labute approximate surface area is 106 Å². The molecule has 0 bridgehead atoms. The number of hydrogen-bond acceptors (Lipinski definition) is 4. The molecule has 1 unspecified atom stereocenters. The van der Waals surface area contributed by atoms with Crippen LogP contribution in [0.1, 0.15) is 24.0 Å². The normalized spacial score (nSPS) is 12.9. The minimum absolute atomic E-state index is 0.166. The Morgan fingerprint density at radius 2 is 2.38 bits per heavy atom. The lowest BCUT2D eigenvalue weighted by Gasteiger charge is -2.10. The molecule has 1 aromatic heterocycles. The molecule has 3 nitrogen and oxygen atoms in total. The standard InChI is InChI=1S/C11H18ClNO2S/c1-9(7-14-2)15-5-3-4-11-13-10(6-12)8-16-11/h8-9H,3-7H2,1-2H3. The van der Waals surface area contributed by atoms with E-state index in [9.17, 15) is 0 Å². The number of thiazole rings is 1. The van der Waals surface area contributed by atoms with Gasteiger partial charge in [0.25, 0.3) is 0 Å². The Morgan fingerprint density at radius 3 is 3.00 bits per heavy atom. The Kier molecular flexibility index (Phi) is 6.96. The number of ether oxygens (including phenoxy) is 2. The fourth-order valence-electron chi connectivity index (χ4n) is 1.32. The van der Waals surface area contributed by atoms with Crippen LogP contribution in [0.25, 0.3) is 0 Å². The van der Waals surface area contributed by atoms with Gasteiger partial charge in [-0.2, -0.15) is 0 Å². The summed E-state index contributed by atoms with van der Waals surface area (Å²) in [6.45, 7) is 3.41. The number of rotatable bonds is 8. The number of hydrogen-bond donors (Lipinski definition) is 0. The van der Waals surface area contributed by atoms with Gasteiger partial charge in [0.15, 0.2) is 0 Å². The van der Waals surface area contributed by atoms with Crippen molar-refractivity contribution in [1.29, 1.82) is 0 Å². The Morgan fingerprint density at radius 1 is 1.56 bits per heavy atom. The number of aryl methyl sites for hydroxylation is 1. The van der Waals surface area contributed by atoms with Gasteiger partial charge in [0, 0.05) is 25.5 Å². The van der Waals surface area contributed by atoms with Crippen LogP contribution in [0.3, 0.4) is 0 Å². The van der Waals surface area contributed by atoms with Crippen molar-refractivity contribution >= 4 is 22.9 Å². The lowest BCUT2D eigenvalue weighted by Crippen LogP contribution is -2.15. The predicted molar refractivity (Wildman–Crippen MR) is 67.3 cm³/mol. The minimum atomic E-state index is 0.166. The molecule has 1 heterocycles. The van der Waals surface area contributed by atoms with Crippen molar-refractivity contribution in [3.63, 3.8) is 0 Å². The summed E-state index contributed by atoms with van der Waals surface area (Å²) in [4.78, 5) is 4.39. The molecule has 16 heavy (non-hydrogen) atoms. The quantitative estimate of drug-likeness (QED) is 0.534. The molecule has 0 aliphatic heterocycles. The summed E-state index contributed by atoms with van der Waals surface area (Å²) < 4.78 is 10.5. The molecule has 1 aromatic rings. The predicted octanol–water partition coefficient (Wildman–Crippen LogP) is 2.87. The van der Waals surface area contributed by atoms with Crippen LogP contribution in [0, 0.1) is 0 Å². The van der Waals surface area contributed by atoms with Gasteiger partial charge in [-0.3, -0.25) is 0 Å². The summed E-state index contributed by atoms with van der Waals surface area (Å²) in [5, 5.41) is 3.15. The first-order valence-electron chi connectivity index (χ1n) is 5.36. The third-order valence-electron chi connectivity index (χ3n) is 2.07. The number of nitrogens with zero attached hydrogens (tertiary/aromatic N) is 1. The Bertz CT molecular complexity index is 293. The SMILES string of the molecule is COCC(C)OCCCc1nc(CCl)cs1. The average molecular weight is 264 g/mol. The van der Waals surface area contributed by atoms with Gasteiger partial charge in [-0.05, 0) is 13.3 Å². The molecule has 0 saturated heterocycles. The van der Waals surface area contributed by atoms with Crippen molar-refractivity contribution in [2.45, 2.75) is 31.7 Å². The summed E-state index contributed by atoms with van der Waals surface area (Å²) in [6, 6.07) is 0. The summed E-state index contributed by atoms with van der Waals surface area (Å²) in [5.41, 5.74) is 0.968. The smallest absolute Gasteiger partial charge is 0.0929 e. The minimum Gasteiger partial charge on any atom is -0.382 e. The summed E-state index contributed by atoms with van der Waals surface area (Å²) in [5.74, 6) is 0.498. The molecular formula is C11H18ClNO2S. The van der Waals surface area contributed by atoms with Crippen LogP contribution in [0.4, 0.5) is 0 Å². The summed E-state index contributed by atoms with van der Waals surface area (Å²) in [7, 11) is 1.68. The van der Waals surface area contributed by atoms with Gasteiger partial charge in [-0.25, -0.2) is 4.98 Å². The van der Waals surface area contributed by atoms with Crippen LogP contribution in [-0.2, 0) is 21.8 Å². The van der Waals surface area contributed by atoms with E-state index in [4.69, 9.17) is 21.1 Å². The largest absolute Gasteiger partial charge is 0.382 e. The van der Waals surface area contributed by atoms with Gasteiger partial charge in [-0.1, -0.05) is 0 Å². The highest BCUT2D eigenvalue weighted by Crippen LogP contribution is 2.13. The monoisotopic (exact) mass is 263 g/mol. The van der Waals surface area contributed by atoms with Gasteiger partial charge < -0.3 is 9.47 Å². The molecule has 1 rings (SSSR count). The molecular weight excluding hydrogens is 246 g/mol. The van der Waals surface area contributed by atoms with Crippen molar-refractivity contribution in [3.8, 4) is 0 Å². The lowest BCUT2D eigenvalue weighted by atomic mass is 10.3. The van der Waals surface area contributed by atoms with E-state index in [1.165, 1.54) is 0 Å². The van der Waals surface area contributed by atoms with Crippen molar-refractivity contribution in [3.05, 3.63) is 16.1 Å². The topological polar surface area (TPSA) is 31.4 Å². The molecule has 0 spiro atoms. The van der Waals surface area contributed by atoms with E-state index >= 15 is 0 Å². The number of methoxy groups -OCH3 is 1. The zero-order chi connectivity index (χ0) is 11.8. The van der Waals surface area contributed by atoms with Gasteiger partial charge in [0.2, 0.25) is 0 Å². The summed E-state index contributed by atoms with van der Waals surface area (Å²) in [6.07, 6.45) is 2.12. The van der Waals surface area contributed by atoms with Crippen LogP contribution in [0.15, 0.2) is 5.38 Å². The van der Waals surface area contributed by atoms with Gasteiger partial charge >= 0.3 is 0 Å². The highest BCUT2D eigenvalue weighted by molar-refractivity contribution is 7.09. The molecule has 0 radical (unpaired) electrons. The first kappa shape index (κ1) is 13.9. The third-order valence-corrected chi connectivity index (χ3v) is 3.31. The second kappa shape index (κ2) is 8.01. The number of aromatic nitrogens is 1. The van der Waals surface area contributed by atoms with Crippen molar-refractivity contribution in [2.24, 2.45) is 0 Å². The van der Waals surface area contributed by atoms with Gasteiger partial charge in [0.05, 0.1) is 29.3 Å². The Hall–Kier alpha value is -0.160. The van der Waals surface area contributed by atoms with E-state index in [1.807, 2.05) is 12.3 Å². The van der Waals surface area contributed by atoms with E-state index in [2.05, 4.69) is 4.98 Å². The Balaban J connectivity index is 2.11. The maximum Gasteiger partial charge on any atom is 0.0929 e. The summed E-state index contributed by atoms with van der Waals surface area (Å²) >= 11 is 7.35. The van der Waals surface area contributed by atoms with E-state index < -0.39 is 0 Å². The van der Waals surface area contributed by atoms with E-state index in [-0.39, 0.29) is 6.10 Å². The maximum absolute atomic E-state index is 5.68. The van der Waals surface area contributed by atoms with Crippen molar-refractivity contribution in [1.82, 2.24) is 4.98 Å². The molecule has 0 saturated carbocycles. The van der Waals surface area contributed by atoms with Crippen LogP contribution >= 0.6 is 22.9 Å². The third kappa shape index (κ3) is 5.25. The van der Waals surface area contributed by atoms with Gasteiger partial charge in [0.1, 0.15) is 0 Å². The van der Waals surface area contributed by atoms with Crippen molar-refractivity contribution < 1.29 is 9.47 Å². The van der Waals surface area contributed by atoms with Crippen LogP contribution in [0.2, 0.25) is 0 Å². The molecule has 5 heteroatoms. The fraction of sp³-hybridized carbons (Fsp3) is 0.727. The first-order chi connectivity index (χ1) is 7.76. The molecule has 0 amide bonds. The number of halogens is 1. The highest BCUT2D eigenvalue weighted by Gasteiger charge is 2.03. The lowest BCUT2D eigenvalue weighted by molar-refractivity contribution is 0.00836. The fourth-order valence-corrected chi connectivity index (χ4v) is 2.38. The second-order valence-electron chi connectivity index (χ2n) is 3.61. The molecule has 92 valence electrons. The zero-order valence-corrected chi connectivity index (χ0v) is 11.3. The molecule has 0 N–H and O–H groups in total. The zero-order valence-electron chi connectivity index (χ0n) is 9.74. The maximum atomic E-state index is 5.68. The molecule has 0 aromatic carbocycles. The average Bonchev–Trinajstić information content (AvgIpc) is 2.73. The number of alkyl halides is 1. The van der Waals surface area contributed by atoms with E-state index in [1.54, 1.807) is 18.4 Å².